The first-order chi connectivity index (χ1) is 8.13. The van der Waals surface area contributed by atoms with Crippen LogP contribution in [0.3, 0.4) is 0 Å². The predicted molar refractivity (Wildman–Crippen MR) is 65.6 cm³/mol. The highest BCUT2D eigenvalue weighted by atomic mass is 35.5. The number of benzene rings is 1. The van der Waals surface area contributed by atoms with Gasteiger partial charge in [0.15, 0.2) is 0 Å². The zero-order valence-electron chi connectivity index (χ0n) is 11.0. The minimum Gasteiger partial charge on any atom is -1.00 e. The van der Waals surface area contributed by atoms with Gasteiger partial charge in [-0.3, -0.25) is 0 Å². The Labute approximate surface area is 114 Å². The average molecular weight is 274 g/mol. The molecule has 0 unspecified atom stereocenters. The fourth-order valence-corrected chi connectivity index (χ4v) is 1.29. The van der Waals surface area contributed by atoms with Crippen molar-refractivity contribution in [2.75, 3.05) is 33.9 Å². The monoisotopic (exact) mass is 273 g/mol. The first-order valence-electron chi connectivity index (χ1n) is 5.82. The zero-order valence-corrected chi connectivity index (χ0v) is 11.8. The Morgan fingerprint density at radius 1 is 1.22 bits per heavy atom. The van der Waals surface area contributed by atoms with Gasteiger partial charge in [0.1, 0.15) is 18.9 Å². The number of ether oxygens (including phenoxy) is 2. The summed E-state index contributed by atoms with van der Waals surface area (Å²) < 4.78 is 10.4. The van der Waals surface area contributed by atoms with E-state index in [0.717, 1.165) is 12.3 Å². The number of hydrogen-bond donors (Lipinski definition) is 1. The molecule has 18 heavy (non-hydrogen) atoms. The van der Waals surface area contributed by atoms with Gasteiger partial charge in [-0.25, -0.2) is 4.79 Å². The first-order valence-corrected chi connectivity index (χ1v) is 5.82. The lowest BCUT2D eigenvalue weighted by Gasteiger charge is -2.08. The van der Waals surface area contributed by atoms with Crippen LogP contribution < -0.4 is 22.0 Å². The number of esters is 1. The molecule has 0 radical (unpaired) electrons. The molecule has 0 aromatic heterocycles. The normalized spacial score (nSPS) is 9.78. The highest BCUT2D eigenvalue weighted by Crippen LogP contribution is 2.12. The van der Waals surface area contributed by atoms with Crippen molar-refractivity contribution < 1.29 is 31.6 Å². The lowest BCUT2D eigenvalue weighted by Crippen LogP contribution is -3.06. The van der Waals surface area contributed by atoms with Gasteiger partial charge in [-0.2, -0.15) is 0 Å². The number of carbonyl (C=O) groups is 1. The smallest absolute Gasteiger partial charge is 0.338 e. The molecule has 1 rings (SSSR count). The molecular formula is C13H20ClNO3. The summed E-state index contributed by atoms with van der Waals surface area (Å²) in [5, 5.41) is 0. The summed E-state index contributed by atoms with van der Waals surface area (Å²) in [4.78, 5) is 12.9. The van der Waals surface area contributed by atoms with Crippen LogP contribution in [0.1, 0.15) is 17.3 Å². The zero-order chi connectivity index (χ0) is 12.7. The summed E-state index contributed by atoms with van der Waals surface area (Å²) in [5.74, 6) is 0.482. The van der Waals surface area contributed by atoms with Crippen molar-refractivity contribution >= 4 is 5.97 Å². The van der Waals surface area contributed by atoms with Gasteiger partial charge in [-0.1, -0.05) is 0 Å². The second kappa shape index (κ2) is 8.78. The van der Waals surface area contributed by atoms with Crippen LogP contribution in [0.15, 0.2) is 24.3 Å². The van der Waals surface area contributed by atoms with Crippen LogP contribution >= 0.6 is 0 Å². The molecule has 0 aliphatic carbocycles. The quantitative estimate of drug-likeness (QED) is 0.578. The standard InChI is InChI=1S/C13H19NO3.ClH/c1-4-16-12-7-5-11(6-8-12)13(15)17-10-9-14(2)3;/h5-8H,4,9-10H2,1-3H3;1H. The van der Waals surface area contributed by atoms with Crippen molar-refractivity contribution in [3.05, 3.63) is 29.8 Å². The molecular weight excluding hydrogens is 254 g/mol. The Hall–Kier alpha value is -1.26. The maximum Gasteiger partial charge on any atom is 0.338 e. The van der Waals surface area contributed by atoms with Gasteiger partial charge in [0.05, 0.1) is 26.3 Å². The van der Waals surface area contributed by atoms with E-state index in [1.807, 2.05) is 21.0 Å². The summed E-state index contributed by atoms with van der Waals surface area (Å²) in [6, 6.07) is 6.99. The van der Waals surface area contributed by atoms with E-state index in [0.29, 0.717) is 18.8 Å². The third kappa shape index (κ3) is 5.89. The number of halogens is 1. The SMILES string of the molecule is CCOc1ccc(C(=O)OCC[NH+](C)C)cc1.[Cl-]. The molecule has 0 heterocycles. The molecule has 1 aromatic carbocycles. The summed E-state index contributed by atoms with van der Waals surface area (Å²) >= 11 is 0. The van der Waals surface area contributed by atoms with E-state index < -0.39 is 0 Å². The third-order valence-corrected chi connectivity index (χ3v) is 2.24. The molecule has 0 saturated heterocycles. The minimum atomic E-state index is -0.283. The molecule has 0 aliphatic rings. The number of hydrogen-bond acceptors (Lipinski definition) is 3. The summed E-state index contributed by atoms with van der Waals surface area (Å²) in [5.41, 5.74) is 0.558. The second-order valence-electron chi connectivity index (χ2n) is 4.05. The van der Waals surface area contributed by atoms with Crippen molar-refractivity contribution in [2.24, 2.45) is 0 Å². The maximum absolute atomic E-state index is 11.6. The van der Waals surface area contributed by atoms with E-state index in [1.54, 1.807) is 24.3 Å². The Kier molecular flexibility index (Phi) is 8.16. The molecule has 0 amide bonds. The third-order valence-electron chi connectivity index (χ3n) is 2.24. The van der Waals surface area contributed by atoms with Crippen LogP contribution in [0, 0.1) is 0 Å². The van der Waals surface area contributed by atoms with Gasteiger partial charge in [0.2, 0.25) is 0 Å². The molecule has 0 aliphatic heterocycles. The fourth-order valence-electron chi connectivity index (χ4n) is 1.29. The van der Waals surface area contributed by atoms with Gasteiger partial charge in [-0.05, 0) is 31.2 Å². The highest BCUT2D eigenvalue weighted by molar-refractivity contribution is 5.89. The van der Waals surface area contributed by atoms with E-state index in [-0.39, 0.29) is 18.4 Å². The average Bonchev–Trinajstić information content (AvgIpc) is 2.30. The molecule has 0 saturated carbocycles. The Bertz CT molecular complexity index is 352. The van der Waals surface area contributed by atoms with E-state index >= 15 is 0 Å². The predicted octanol–water partition coefficient (Wildman–Crippen LogP) is -2.61. The van der Waals surface area contributed by atoms with Crippen LogP contribution in [0.5, 0.6) is 5.75 Å². The summed E-state index contributed by atoms with van der Waals surface area (Å²) in [6.07, 6.45) is 0. The Morgan fingerprint density at radius 2 is 1.83 bits per heavy atom. The topological polar surface area (TPSA) is 40.0 Å². The number of carbonyl (C=O) groups excluding carboxylic acids is 1. The van der Waals surface area contributed by atoms with Crippen LogP contribution in [-0.2, 0) is 4.74 Å². The maximum atomic E-state index is 11.6. The molecule has 0 fully saturated rings. The van der Waals surface area contributed by atoms with Gasteiger partial charge in [0, 0.05) is 0 Å². The molecule has 5 heteroatoms. The number of rotatable bonds is 6. The fraction of sp³-hybridized carbons (Fsp3) is 0.462. The lowest BCUT2D eigenvalue weighted by atomic mass is 10.2. The molecule has 102 valence electrons. The molecule has 1 aromatic rings. The van der Waals surface area contributed by atoms with E-state index in [9.17, 15) is 4.79 Å². The highest BCUT2D eigenvalue weighted by Gasteiger charge is 2.07. The van der Waals surface area contributed by atoms with E-state index in [4.69, 9.17) is 9.47 Å². The van der Waals surface area contributed by atoms with Crippen LogP contribution in [0.2, 0.25) is 0 Å². The van der Waals surface area contributed by atoms with E-state index in [2.05, 4.69) is 0 Å². The van der Waals surface area contributed by atoms with Gasteiger partial charge < -0.3 is 26.8 Å². The summed E-state index contributed by atoms with van der Waals surface area (Å²) in [7, 11) is 4.04. The number of likely N-dealkylation sites (N-methyl/N-ethyl adjacent to an activating group) is 1. The minimum absolute atomic E-state index is 0. The van der Waals surface area contributed by atoms with Crippen molar-refractivity contribution in [1.82, 2.24) is 0 Å². The van der Waals surface area contributed by atoms with Gasteiger partial charge in [-0.15, -0.1) is 0 Å². The molecule has 0 bridgehead atoms. The van der Waals surface area contributed by atoms with Gasteiger partial charge in [0.25, 0.3) is 0 Å². The summed E-state index contributed by atoms with van der Waals surface area (Å²) in [6.45, 7) is 3.79. The molecule has 4 nitrogen and oxygen atoms in total. The second-order valence-corrected chi connectivity index (χ2v) is 4.05. The Morgan fingerprint density at radius 3 is 2.33 bits per heavy atom. The number of nitrogens with one attached hydrogen (secondary N) is 1. The largest absolute Gasteiger partial charge is 1.00 e. The van der Waals surface area contributed by atoms with Crippen molar-refractivity contribution in [2.45, 2.75) is 6.92 Å². The van der Waals surface area contributed by atoms with Crippen LogP contribution in [-0.4, -0.2) is 39.8 Å². The van der Waals surface area contributed by atoms with Crippen LogP contribution in [0.25, 0.3) is 0 Å². The van der Waals surface area contributed by atoms with Crippen molar-refractivity contribution in [3.8, 4) is 5.75 Å². The Balaban J connectivity index is 0.00000289. The van der Waals surface area contributed by atoms with Crippen molar-refractivity contribution in [3.63, 3.8) is 0 Å². The van der Waals surface area contributed by atoms with Crippen LogP contribution in [0.4, 0.5) is 0 Å². The molecule has 1 N–H and O–H groups in total. The number of quaternary nitrogens is 1. The van der Waals surface area contributed by atoms with Gasteiger partial charge >= 0.3 is 5.97 Å². The van der Waals surface area contributed by atoms with Crippen molar-refractivity contribution in [1.29, 1.82) is 0 Å². The molecule has 0 spiro atoms. The lowest BCUT2D eigenvalue weighted by molar-refractivity contribution is -0.858. The van der Waals surface area contributed by atoms with E-state index in [1.165, 1.54) is 4.90 Å². The molecule has 0 atom stereocenters. The first kappa shape index (κ1) is 16.7.